The Morgan fingerprint density at radius 3 is 2.32 bits per heavy atom. The summed E-state index contributed by atoms with van der Waals surface area (Å²) < 4.78 is 1.14. The van der Waals surface area contributed by atoms with Crippen LogP contribution in [-0.2, 0) is 4.79 Å². The van der Waals surface area contributed by atoms with Crippen molar-refractivity contribution in [3.05, 3.63) is 27.8 Å². The maximum Gasteiger partial charge on any atom is 0.237 e. The van der Waals surface area contributed by atoms with Crippen LogP contribution in [0.2, 0.25) is 0 Å². The molecular weight excluding hydrogens is 371 g/mol. The van der Waals surface area contributed by atoms with E-state index in [0.29, 0.717) is 4.99 Å². The second-order valence-electron chi connectivity index (χ2n) is 4.97. The number of rotatable bonds is 3. The van der Waals surface area contributed by atoms with E-state index in [1.165, 1.54) is 0 Å². The molecule has 0 heterocycles. The molecule has 1 aliphatic rings. The van der Waals surface area contributed by atoms with Crippen LogP contribution in [0.1, 0.15) is 32.1 Å². The molecule has 102 valence electrons. The molecule has 0 atom stereocenters. The molecule has 0 unspecified atom stereocenters. The average molecular weight is 388 g/mol. The Hall–Kier alpha value is -0.690. The summed E-state index contributed by atoms with van der Waals surface area (Å²) in [5.41, 5.74) is 5.99. The van der Waals surface area contributed by atoms with Gasteiger partial charge in [0.05, 0.1) is 10.4 Å². The summed E-state index contributed by atoms with van der Waals surface area (Å²) in [6, 6.07) is 7.72. The largest absolute Gasteiger partial charge is 0.392 e. The van der Waals surface area contributed by atoms with Gasteiger partial charge in [-0.2, -0.15) is 0 Å². The number of anilines is 1. The molecule has 0 aromatic heterocycles. The first-order valence-corrected chi connectivity index (χ1v) is 7.90. The second-order valence-corrected chi connectivity index (χ2v) is 6.65. The van der Waals surface area contributed by atoms with Crippen LogP contribution >= 0.6 is 34.8 Å². The van der Waals surface area contributed by atoms with E-state index in [0.717, 1.165) is 41.4 Å². The molecule has 0 radical (unpaired) electrons. The number of nitrogens with two attached hydrogens (primary N) is 1. The molecule has 19 heavy (non-hydrogen) atoms. The van der Waals surface area contributed by atoms with Crippen molar-refractivity contribution in [2.75, 3.05) is 5.32 Å². The molecule has 3 nitrogen and oxygen atoms in total. The fourth-order valence-electron chi connectivity index (χ4n) is 2.52. The van der Waals surface area contributed by atoms with Crippen molar-refractivity contribution in [3.8, 4) is 0 Å². The summed E-state index contributed by atoms with van der Waals surface area (Å²) in [6.45, 7) is 0. The fourth-order valence-corrected chi connectivity index (χ4v) is 3.18. The van der Waals surface area contributed by atoms with E-state index in [9.17, 15) is 4.79 Å². The zero-order chi connectivity index (χ0) is 13.9. The summed E-state index contributed by atoms with van der Waals surface area (Å²) in [5, 5.41) is 2.95. The third-order valence-corrected chi connectivity index (χ3v) is 4.83. The van der Waals surface area contributed by atoms with Gasteiger partial charge >= 0.3 is 0 Å². The van der Waals surface area contributed by atoms with Crippen molar-refractivity contribution in [2.24, 2.45) is 11.1 Å². The Kier molecular flexibility index (Phi) is 4.78. The Morgan fingerprint density at radius 1 is 1.21 bits per heavy atom. The van der Waals surface area contributed by atoms with Gasteiger partial charge in [0, 0.05) is 9.26 Å². The highest BCUT2D eigenvalue weighted by molar-refractivity contribution is 14.1. The van der Waals surface area contributed by atoms with Crippen molar-refractivity contribution >= 4 is 51.4 Å². The topological polar surface area (TPSA) is 55.1 Å². The SMILES string of the molecule is NC(=S)C1(C(=O)Nc2ccc(I)cc2)CCCCC1. The Labute approximate surface area is 132 Å². The second kappa shape index (κ2) is 6.17. The molecule has 1 fully saturated rings. The highest BCUT2D eigenvalue weighted by atomic mass is 127. The Balaban J connectivity index is 2.16. The van der Waals surface area contributed by atoms with E-state index < -0.39 is 5.41 Å². The highest BCUT2D eigenvalue weighted by Crippen LogP contribution is 2.37. The molecule has 0 bridgehead atoms. The molecule has 1 aromatic carbocycles. The lowest BCUT2D eigenvalue weighted by atomic mass is 9.73. The van der Waals surface area contributed by atoms with Gasteiger partial charge in [-0.3, -0.25) is 4.79 Å². The summed E-state index contributed by atoms with van der Waals surface area (Å²) >= 11 is 7.39. The van der Waals surface area contributed by atoms with Gasteiger partial charge in [-0.1, -0.05) is 31.5 Å². The van der Waals surface area contributed by atoms with Gasteiger partial charge < -0.3 is 11.1 Å². The smallest absolute Gasteiger partial charge is 0.237 e. The van der Waals surface area contributed by atoms with E-state index in [-0.39, 0.29) is 5.91 Å². The first kappa shape index (κ1) is 14.7. The van der Waals surface area contributed by atoms with Crippen molar-refractivity contribution < 1.29 is 4.79 Å². The van der Waals surface area contributed by atoms with Gasteiger partial charge in [-0.25, -0.2) is 0 Å². The molecule has 0 spiro atoms. The summed E-state index contributed by atoms with van der Waals surface area (Å²) in [6.07, 6.45) is 4.70. The van der Waals surface area contributed by atoms with Crippen LogP contribution in [0.4, 0.5) is 5.69 Å². The van der Waals surface area contributed by atoms with Crippen LogP contribution in [0.25, 0.3) is 0 Å². The minimum absolute atomic E-state index is 0.0547. The Morgan fingerprint density at radius 2 is 1.79 bits per heavy atom. The molecule has 3 N–H and O–H groups in total. The maximum absolute atomic E-state index is 12.5. The Bertz CT molecular complexity index is 481. The molecule has 2 rings (SSSR count). The molecule has 1 aromatic rings. The van der Waals surface area contributed by atoms with Gasteiger partial charge in [0.1, 0.15) is 0 Å². The van der Waals surface area contributed by atoms with Crippen molar-refractivity contribution in [1.29, 1.82) is 0 Å². The number of carbonyl (C=O) groups is 1. The van der Waals surface area contributed by atoms with Crippen LogP contribution in [0.5, 0.6) is 0 Å². The zero-order valence-corrected chi connectivity index (χ0v) is 13.6. The first-order valence-electron chi connectivity index (χ1n) is 6.41. The lowest BCUT2D eigenvalue weighted by molar-refractivity contribution is -0.123. The number of hydrogen-bond donors (Lipinski definition) is 2. The standard InChI is InChI=1S/C14H17IN2OS/c15-10-4-6-11(7-5-10)17-13(18)14(12(16)19)8-2-1-3-9-14/h4-7H,1-3,8-9H2,(H2,16,19)(H,17,18). The molecule has 0 aliphatic heterocycles. The number of carbonyl (C=O) groups excluding carboxylic acids is 1. The summed E-state index contributed by atoms with van der Waals surface area (Å²) in [7, 11) is 0. The molecule has 5 heteroatoms. The van der Waals surface area contributed by atoms with Crippen molar-refractivity contribution in [3.63, 3.8) is 0 Å². The number of hydrogen-bond acceptors (Lipinski definition) is 2. The van der Waals surface area contributed by atoms with E-state index in [2.05, 4.69) is 27.9 Å². The van der Waals surface area contributed by atoms with Gasteiger partial charge in [0.25, 0.3) is 0 Å². The number of amides is 1. The predicted octanol–water partition coefficient (Wildman–Crippen LogP) is 3.47. The number of benzene rings is 1. The molecule has 1 saturated carbocycles. The minimum Gasteiger partial charge on any atom is -0.392 e. The third kappa shape index (κ3) is 3.25. The lowest BCUT2D eigenvalue weighted by Gasteiger charge is -2.34. The van der Waals surface area contributed by atoms with E-state index >= 15 is 0 Å². The molecule has 1 amide bonds. The monoisotopic (exact) mass is 388 g/mol. The van der Waals surface area contributed by atoms with Crippen LogP contribution in [0, 0.1) is 8.99 Å². The quantitative estimate of drug-likeness (QED) is 0.616. The van der Waals surface area contributed by atoms with E-state index in [1.807, 2.05) is 24.3 Å². The van der Waals surface area contributed by atoms with Gasteiger partial charge in [-0.05, 0) is 59.7 Å². The van der Waals surface area contributed by atoms with E-state index in [1.54, 1.807) is 0 Å². The molecule has 0 saturated heterocycles. The van der Waals surface area contributed by atoms with Crippen LogP contribution in [-0.4, -0.2) is 10.9 Å². The maximum atomic E-state index is 12.5. The lowest BCUT2D eigenvalue weighted by Crippen LogP contribution is -2.47. The van der Waals surface area contributed by atoms with Crippen molar-refractivity contribution in [1.82, 2.24) is 0 Å². The predicted molar refractivity (Wildman–Crippen MR) is 90.1 cm³/mol. The van der Waals surface area contributed by atoms with Crippen LogP contribution in [0.3, 0.4) is 0 Å². The molecular formula is C14H17IN2OS. The third-order valence-electron chi connectivity index (χ3n) is 3.72. The van der Waals surface area contributed by atoms with Gasteiger partial charge in [0.15, 0.2) is 0 Å². The van der Waals surface area contributed by atoms with Crippen molar-refractivity contribution in [2.45, 2.75) is 32.1 Å². The van der Waals surface area contributed by atoms with Crippen LogP contribution in [0.15, 0.2) is 24.3 Å². The van der Waals surface area contributed by atoms with Gasteiger partial charge in [0.2, 0.25) is 5.91 Å². The average Bonchev–Trinajstić information content (AvgIpc) is 2.42. The number of halogens is 1. The fraction of sp³-hybridized carbons (Fsp3) is 0.429. The summed E-state index contributed by atoms with van der Waals surface area (Å²) in [4.78, 5) is 12.9. The first-order chi connectivity index (χ1) is 9.04. The zero-order valence-electron chi connectivity index (χ0n) is 10.6. The van der Waals surface area contributed by atoms with E-state index in [4.69, 9.17) is 18.0 Å². The minimum atomic E-state index is -0.656. The number of nitrogens with one attached hydrogen (secondary N) is 1. The normalized spacial score (nSPS) is 17.7. The van der Waals surface area contributed by atoms with Crippen LogP contribution < -0.4 is 11.1 Å². The molecule has 1 aliphatic carbocycles. The number of thiocarbonyl (C=S) groups is 1. The van der Waals surface area contributed by atoms with Gasteiger partial charge in [-0.15, -0.1) is 0 Å². The highest BCUT2D eigenvalue weighted by Gasteiger charge is 2.42. The summed E-state index contributed by atoms with van der Waals surface area (Å²) in [5.74, 6) is -0.0547.